The summed E-state index contributed by atoms with van der Waals surface area (Å²) in [4.78, 5) is 18.8. The summed E-state index contributed by atoms with van der Waals surface area (Å²) in [6.45, 7) is 5.14. The zero-order valence-corrected chi connectivity index (χ0v) is 15.6. The van der Waals surface area contributed by atoms with E-state index in [1.807, 2.05) is 18.2 Å². The van der Waals surface area contributed by atoms with Crippen LogP contribution in [-0.2, 0) is 4.79 Å². The Bertz CT molecular complexity index is 876. The van der Waals surface area contributed by atoms with Gasteiger partial charge in [0.25, 0.3) is 0 Å². The zero-order chi connectivity index (χ0) is 19.6. The summed E-state index contributed by atoms with van der Waals surface area (Å²) >= 11 is 0. The smallest absolute Gasteiger partial charge is 0.239 e. The monoisotopic (exact) mass is 367 g/mol. The lowest BCUT2D eigenvalue weighted by atomic mass is 9.94. The minimum atomic E-state index is -0.935. The van der Waals surface area contributed by atoms with E-state index >= 15 is 0 Å². The van der Waals surface area contributed by atoms with E-state index in [9.17, 15) is 15.2 Å². The molecule has 1 aromatic heterocycles. The van der Waals surface area contributed by atoms with Crippen LogP contribution in [0, 0.1) is 17.2 Å². The Hall–Kier alpha value is -2.69. The lowest BCUT2D eigenvalue weighted by Crippen LogP contribution is -2.55. The number of carbonyl (C=O) groups is 1. The lowest BCUT2D eigenvalue weighted by Gasteiger charge is -2.39. The molecule has 2 unspecified atom stereocenters. The number of nitriles is 1. The lowest BCUT2D eigenvalue weighted by molar-refractivity contribution is -0.125. The third kappa shape index (κ3) is 4.02. The second kappa shape index (κ2) is 7.91. The molecule has 7 heteroatoms. The molecule has 1 saturated heterocycles. The molecule has 1 aromatic carbocycles. The van der Waals surface area contributed by atoms with Crippen molar-refractivity contribution >= 4 is 22.5 Å². The van der Waals surface area contributed by atoms with Gasteiger partial charge in [-0.25, -0.2) is 0 Å². The maximum atomic E-state index is 12.2. The van der Waals surface area contributed by atoms with Gasteiger partial charge in [0.2, 0.25) is 5.91 Å². The van der Waals surface area contributed by atoms with Crippen LogP contribution in [0.15, 0.2) is 30.5 Å². The van der Waals surface area contributed by atoms with Crippen molar-refractivity contribution in [2.24, 2.45) is 11.7 Å². The van der Waals surface area contributed by atoms with Crippen LogP contribution in [0.25, 0.3) is 10.9 Å². The highest BCUT2D eigenvalue weighted by atomic mass is 16.3. The molecule has 0 radical (unpaired) electrons. The highest BCUT2D eigenvalue weighted by Gasteiger charge is 2.29. The molecule has 2 heterocycles. The van der Waals surface area contributed by atoms with Crippen molar-refractivity contribution in [1.29, 1.82) is 5.26 Å². The van der Waals surface area contributed by atoms with E-state index in [-0.39, 0.29) is 11.9 Å². The summed E-state index contributed by atoms with van der Waals surface area (Å²) in [6.07, 6.45) is 1.64. The Labute approximate surface area is 158 Å². The fourth-order valence-electron chi connectivity index (χ4n) is 3.69. The Morgan fingerprint density at radius 3 is 2.93 bits per heavy atom. The predicted molar refractivity (Wildman–Crippen MR) is 104 cm³/mol. The van der Waals surface area contributed by atoms with Crippen LogP contribution in [0.2, 0.25) is 0 Å². The number of nitrogens with zero attached hydrogens (tertiary/aromatic N) is 3. The minimum Gasteiger partial charge on any atom is -0.391 e. The average Bonchev–Trinajstić information content (AvgIpc) is 2.65. The Morgan fingerprint density at radius 2 is 2.22 bits per heavy atom. The maximum Gasteiger partial charge on any atom is 0.239 e. The van der Waals surface area contributed by atoms with Crippen LogP contribution in [0.3, 0.4) is 0 Å². The molecule has 3 rings (SSSR count). The molecule has 1 amide bonds. The van der Waals surface area contributed by atoms with E-state index < -0.39 is 12.1 Å². The first-order valence-electron chi connectivity index (χ1n) is 9.17. The molecule has 0 spiro atoms. The van der Waals surface area contributed by atoms with Crippen molar-refractivity contribution in [3.63, 3.8) is 0 Å². The molecule has 1 aliphatic rings. The van der Waals surface area contributed by atoms with Crippen LogP contribution in [0.1, 0.15) is 25.8 Å². The number of hydrogen-bond donors (Lipinski definition) is 3. The van der Waals surface area contributed by atoms with E-state index in [0.717, 1.165) is 24.0 Å². The number of nitrogens with one attached hydrogen (secondary N) is 1. The summed E-state index contributed by atoms with van der Waals surface area (Å²) in [5.41, 5.74) is 7.99. The molecular weight excluding hydrogens is 342 g/mol. The number of benzene rings is 1. The van der Waals surface area contributed by atoms with Gasteiger partial charge in [-0.1, -0.05) is 6.92 Å². The number of fused-ring (bicyclic) bond motifs is 1. The quantitative estimate of drug-likeness (QED) is 0.746. The maximum absolute atomic E-state index is 12.2. The molecule has 27 heavy (non-hydrogen) atoms. The molecule has 0 saturated carbocycles. The van der Waals surface area contributed by atoms with Gasteiger partial charge in [-0.15, -0.1) is 0 Å². The van der Waals surface area contributed by atoms with Gasteiger partial charge in [-0.05, 0) is 43.5 Å². The van der Waals surface area contributed by atoms with Gasteiger partial charge in [0, 0.05) is 36.4 Å². The Kier molecular flexibility index (Phi) is 5.59. The van der Waals surface area contributed by atoms with Gasteiger partial charge in [-0.3, -0.25) is 9.78 Å². The Balaban J connectivity index is 1.86. The number of hydrogen-bond acceptors (Lipinski definition) is 6. The van der Waals surface area contributed by atoms with E-state index in [1.54, 1.807) is 12.3 Å². The Morgan fingerprint density at radius 1 is 1.44 bits per heavy atom. The molecule has 7 nitrogen and oxygen atoms in total. The number of aliphatic hydroxyl groups excluding tert-OH is 1. The predicted octanol–water partition coefficient (Wildman–Crippen LogP) is 1.15. The van der Waals surface area contributed by atoms with Crippen molar-refractivity contribution in [2.75, 3.05) is 18.0 Å². The number of piperidine rings is 1. The van der Waals surface area contributed by atoms with Gasteiger partial charge in [0.05, 0.1) is 17.2 Å². The number of rotatable bonds is 4. The number of pyridine rings is 1. The van der Waals surface area contributed by atoms with Gasteiger partial charge >= 0.3 is 0 Å². The fourth-order valence-corrected chi connectivity index (χ4v) is 3.69. The number of aliphatic hydroxyl groups is 1. The van der Waals surface area contributed by atoms with Gasteiger partial charge in [0.1, 0.15) is 12.1 Å². The molecule has 0 aliphatic carbocycles. The summed E-state index contributed by atoms with van der Waals surface area (Å²) in [5.74, 6) is 0.0320. The topological polar surface area (TPSA) is 115 Å². The molecular formula is C20H25N5O2. The first-order valence-corrected chi connectivity index (χ1v) is 9.17. The molecule has 4 N–H and O–H groups in total. The third-order valence-electron chi connectivity index (χ3n) is 5.04. The average molecular weight is 367 g/mol. The normalized spacial score (nSPS) is 22.1. The number of carbonyl (C=O) groups excluding carboxylic acids is 1. The van der Waals surface area contributed by atoms with Crippen molar-refractivity contribution in [2.45, 2.75) is 38.5 Å². The van der Waals surface area contributed by atoms with Gasteiger partial charge in [0.15, 0.2) is 0 Å². The molecule has 4 atom stereocenters. The van der Waals surface area contributed by atoms with E-state index in [0.29, 0.717) is 23.5 Å². The molecule has 142 valence electrons. The number of aromatic nitrogens is 1. The van der Waals surface area contributed by atoms with Crippen LogP contribution in [0.4, 0.5) is 5.69 Å². The number of amides is 1. The second-order valence-electron chi connectivity index (χ2n) is 7.36. The summed E-state index contributed by atoms with van der Waals surface area (Å²) in [6, 6.07) is 8.76. The second-order valence-corrected chi connectivity index (χ2v) is 7.36. The molecule has 1 fully saturated rings. The highest BCUT2D eigenvalue weighted by Crippen LogP contribution is 2.31. The van der Waals surface area contributed by atoms with Crippen LogP contribution >= 0.6 is 0 Å². The van der Waals surface area contributed by atoms with Gasteiger partial charge in [-0.2, -0.15) is 5.26 Å². The minimum absolute atomic E-state index is 0.0617. The zero-order valence-electron chi connectivity index (χ0n) is 15.6. The van der Waals surface area contributed by atoms with Crippen molar-refractivity contribution < 1.29 is 9.90 Å². The standard InChI is InChI=1S/C20H25N5O2/c1-12-8-15(24-20(27)18(22)13(2)26)11-25(10-12)17-6-5-14(9-21)19-16(17)4-3-7-23-19/h3-7,12-13,15,18,26H,8,10-11,22H2,1-2H3,(H,24,27)/t12-,13?,15+,18?/m0/s1. The van der Waals surface area contributed by atoms with Crippen molar-refractivity contribution in [3.05, 3.63) is 36.0 Å². The largest absolute Gasteiger partial charge is 0.391 e. The third-order valence-corrected chi connectivity index (χ3v) is 5.04. The highest BCUT2D eigenvalue weighted by molar-refractivity contribution is 5.95. The molecule has 0 bridgehead atoms. The van der Waals surface area contributed by atoms with Gasteiger partial charge < -0.3 is 21.1 Å². The number of nitrogens with two attached hydrogens (primary N) is 1. The van der Waals surface area contributed by atoms with Crippen LogP contribution < -0.4 is 16.0 Å². The van der Waals surface area contributed by atoms with Crippen molar-refractivity contribution in [3.8, 4) is 6.07 Å². The summed E-state index contributed by atoms with van der Waals surface area (Å²) < 4.78 is 0. The first kappa shape index (κ1) is 19.1. The SMILES string of the molecule is CC(O)C(N)C(=O)N[C@@H]1C[C@H](C)CN(c2ccc(C#N)c3ncccc23)C1. The van der Waals surface area contributed by atoms with Crippen LogP contribution in [0.5, 0.6) is 0 Å². The molecule has 2 aromatic rings. The molecule has 1 aliphatic heterocycles. The number of anilines is 1. The van der Waals surface area contributed by atoms with E-state index in [1.165, 1.54) is 6.92 Å². The van der Waals surface area contributed by atoms with E-state index in [2.05, 4.69) is 28.2 Å². The van der Waals surface area contributed by atoms with E-state index in [4.69, 9.17) is 5.73 Å². The van der Waals surface area contributed by atoms with Crippen LogP contribution in [-0.4, -0.2) is 47.3 Å². The fraction of sp³-hybridized carbons (Fsp3) is 0.450. The summed E-state index contributed by atoms with van der Waals surface area (Å²) in [7, 11) is 0. The van der Waals surface area contributed by atoms with Crippen molar-refractivity contribution in [1.82, 2.24) is 10.3 Å². The first-order chi connectivity index (χ1) is 12.9. The summed E-state index contributed by atoms with van der Waals surface area (Å²) in [5, 5.41) is 22.8.